The van der Waals surface area contributed by atoms with Crippen LogP contribution < -0.4 is 0 Å². The van der Waals surface area contributed by atoms with Crippen molar-refractivity contribution in [2.24, 2.45) is 11.3 Å². The molecule has 0 spiro atoms. The standard InChI is InChI=1S/C35H35NO5S/c1-34(2,3)31(28-18-12-17-27(21-28)24-42(39,40)29-19-10-11-20-36-29)30-32(37)35(41-33(30)38,22-25-13-6-4-7-14-25)23-26-15-8-5-9-16-26/h4-21,30-31H,22-24H2,1-3H3. The predicted molar refractivity (Wildman–Crippen MR) is 161 cm³/mol. The van der Waals surface area contributed by atoms with Crippen molar-refractivity contribution in [1.29, 1.82) is 0 Å². The van der Waals surface area contributed by atoms with Gasteiger partial charge in [0, 0.05) is 25.0 Å². The summed E-state index contributed by atoms with van der Waals surface area (Å²) in [5.74, 6) is -2.61. The molecule has 42 heavy (non-hydrogen) atoms. The summed E-state index contributed by atoms with van der Waals surface area (Å²) in [5, 5.41) is 0.00364. The highest BCUT2D eigenvalue weighted by Gasteiger charge is 2.59. The highest BCUT2D eigenvalue weighted by Crippen LogP contribution is 2.48. The molecule has 0 amide bonds. The minimum absolute atomic E-state index is 0.00364. The number of nitrogens with zero attached hydrogens (tertiary/aromatic N) is 1. The van der Waals surface area contributed by atoms with Crippen LogP contribution in [0.2, 0.25) is 0 Å². The van der Waals surface area contributed by atoms with Crippen LogP contribution in [-0.4, -0.2) is 30.8 Å². The van der Waals surface area contributed by atoms with Crippen molar-refractivity contribution in [3.05, 3.63) is 132 Å². The molecule has 1 aromatic heterocycles. The Balaban J connectivity index is 1.53. The van der Waals surface area contributed by atoms with Crippen molar-refractivity contribution in [2.45, 2.75) is 55.9 Å². The number of rotatable bonds is 9. The monoisotopic (exact) mass is 581 g/mol. The van der Waals surface area contributed by atoms with Crippen molar-refractivity contribution in [2.75, 3.05) is 0 Å². The van der Waals surface area contributed by atoms with Gasteiger partial charge in [-0.15, -0.1) is 0 Å². The number of aromatic nitrogens is 1. The molecular weight excluding hydrogens is 546 g/mol. The van der Waals surface area contributed by atoms with Crippen LogP contribution in [0.3, 0.4) is 0 Å². The van der Waals surface area contributed by atoms with Crippen molar-refractivity contribution in [3.8, 4) is 0 Å². The SMILES string of the molecule is CC(C)(C)C(c1cccc(CS(=O)(=O)c2ccccn2)c1)C1C(=O)OC(Cc2ccccc2)(Cc2ccccc2)C1=O. The number of hydrogen-bond acceptors (Lipinski definition) is 6. The number of cyclic esters (lactones) is 1. The van der Waals surface area contributed by atoms with Gasteiger partial charge in [0.2, 0.25) is 0 Å². The number of hydrogen-bond donors (Lipinski definition) is 0. The second kappa shape index (κ2) is 11.6. The fourth-order valence-electron chi connectivity index (χ4n) is 6.04. The Kier molecular flexibility index (Phi) is 8.15. The van der Waals surface area contributed by atoms with Crippen molar-refractivity contribution in [1.82, 2.24) is 4.98 Å². The van der Waals surface area contributed by atoms with E-state index in [0.717, 1.165) is 16.7 Å². The first-order valence-electron chi connectivity index (χ1n) is 14.1. The lowest BCUT2D eigenvalue weighted by atomic mass is 9.66. The number of carbonyl (C=O) groups excluding carboxylic acids is 2. The van der Waals surface area contributed by atoms with E-state index in [-0.39, 0.29) is 29.4 Å². The Bertz CT molecular complexity index is 1620. The number of sulfone groups is 1. The minimum Gasteiger partial charge on any atom is -0.450 e. The van der Waals surface area contributed by atoms with Gasteiger partial charge in [0.15, 0.2) is 26.2 Å². The van der Waals surface area contributed by atoms with E-state index in [1.54, 1.807) is 30.3 Å². The molecule has 0 bridgehead atoms. The molecule has 1 aliphatic heterocycles. The number of ether oxygens (including phenoxy) is 1. The average molecular weight is 582 g/mol. The summed E-state index contributed by atoms with van der Waals surface area (Å²) in [6, 6.07) is 31.2. The van der Waals surface area contributed by atoms with Crippen LogP contribution in [0.25, 0.3) is 0 Å². The van der Waals surface area contributed by atoms with E-state index in [2.05, 4.69) is 4.98 Å². The molecule has 2 atom stereocenters. The summed E-state index contributed by atoms with van der Waals surface area (Å²) >= 11 is 0. The maximum absolute atomic E-state index is 14.6. The van der Waals surface area contributed by atoms with Gasteiger partial charge in [-0.3, -0.25) is 9.59 Å². The van der Waals surface area contributed by atoms with Gasteiger partial charge < -0.3 is 4.74 Å². The summed E-state index contributed by atoms with van der Waals surface area (Å²) < 4.78 is 32.3. The van der Waals surface area contributed by atoms with E-state index < -0.39 is 38.7 Å². The summed E-state index contributed by atoms with van der Waals surface area (Å²) in [7, 11) is -3.69. The zero-order valence-corrected chi connectivity index (χ0v) is 24.9. The van der Waals surface area contributed by atoms with Gasteiger partial charge in [-0.25, -0.2) is 13.4 Å². The molecular formula is C35H35NO5S. The number of carbonyl (C=O) groups is 2. The maximum atomic E-state index is 14.6. The number of esters is 1. The molecule has 1 fully saturated rings. The van der Waals surface area contributed by atoms with E-state index in [1.807, 2.05) is 87.5 Å². The average Bonchev–Trinajstić information content (AvgIpc) is 3.18. The van der Waals surface area contributed by atoms with Crippen LogP contribution in [0.1, 0.15) is 48.9 Å². The smallest absolute Gasteiger partial charge is 0.318 e. The molecule has 4 aromatic rings. The molecule has 2 heterocycles. The Labute approximate surface area is 247 Å². The Morgan fingerprint density at radius 1 is 0.786 bits per heavy atom. The highest BCUT2D eigenvalue weighted by molar-refractivity contribution is 7.90. The van der Waals surface area contributed by atoms with Crippen LogP contribution in [0.5, 0.6) is 0 Å². The van der Waals surface area contributed by atoms with Crippen LogP contribution in [-0.2, 0) is 42.8 Å². The second-order valence-corrected chi connectivity index (χ2v) is 14.0. The zero-order valence-electron chi connectivity index (χ0n) is 24.1. The molecule has 1 aliphatic rings. The molecule has 3 aromatic carbocycles. The molecule has 216 valence electrons. The summed E-state index contributed by atoms with van der Waals surface area (Å²) in [6.07, 6.45) is 1.99. The first kappa shape index (κ1) is 29.4. The van der Waals surface area contributed by atoms with Crippen LogP contribution >= 0.6 is 0 Å². The highest BCUT2D eigenvalue weighted by atomic mass is 32.2. The van der Waals surface area contributed by atoms with Gasteiger partial charge in [-0.1, -0.05) is 112 Å². The number of pyridine rings is 1. The fraction of sp³-hybridized carbons (Fsp3) is 0.286. The molecule has 6 nitrogen and oxygen atoms in total. The molecule has 0 N–H and O–H groups in total. The summed E-state index contributed by atoms with van der Waals surface area (Å²) in [6.45, 7) is 5.97. The van der Waals surface area contributed by atoms with E-state index in [1.165, 1.54) is 12.3 Å². The van der Waals surface area contributed by atoms with Crippen molar-refractivity contribution < 1.29 is 22.7 Å². The first-order valence-corrected chi connectivity index (χ1v) is 15.7. The lowest BCUT2D eigenvalue weighted by Crippen LogP contribution is -2.44. The lowest BCUT2D eigenvalue weighted by molar-refractivity contribution is -0.153. The predicted octanol–water partition coefficient (Wildman–Crippen LogP) is 6.15. The normalized spacial score (nSPS) is 17.5. The summed E-state index contributed by atoms with van der Waals surface area (Å²) in [5.41, 5.74) is 1.22. The third kappa shape index (κ3) is 6.21. The zero-order chi connectivity index (χ0) is 30.0. The van der Waals surface area contributed by atoms with E-state index in [9.17, 15) is 18.0 Å². The van der Waals surface area contributed by atoms with Crippen LogP contribution in [0.15, 0.2) is 114 Å². The molecule has 0 aliphatic carbocycles. The van der Waals surface area contributed by atoms with Gasteiger partial charge in [0.1, 0.15) is 5.92 Å². The molecule has 2 unspecified atom stereocenters. The van der Waals surface area contributed by atoms with Crippen molar-refractivity contribution in [3.63, 3.8) is 0 Å². The third-order valence-electron chi connectivity index (χ3n) is 7.84. The maximum Gasteiger partial charge on any atom is 0.318 e. The number of ketones is 1. The van der Waals surface area contributed by atoms with Gasteiger partial charge in [0.05, 0.1) is 5.75 Å². The van der Waals surface area contributed by atoms with E-state index in [4.69, 9.17) is 4.74 Å². The number of benzene rings is 3. The third-order valence-corrected chi connectivity index (χ3v) is 9.43. The van der Waals surface area contributed by atoms with Gasteiger partial charge >= 0.3 is 5.97 Å². The van der Waals surface area contributed by atoms with E-state index in [0.29, 0.717) is 5.56 Å². The second-order valence-electron chi connectivity index (χ2n) is 12.1. The van der Waals surface area contributed by atoms with E-state index >= 15 is 0 Å². The van der Waals surface area contributed by atoms with Gasteiger partial charge in [0.25, 0.3) is 0 Å². The van der Waals surface area contributed by atoms with Crippen molar-refractivity contribution >= 4 is 21.6 Å². The Morgan fingerprint density at radius 3 is 1.90 bits per heavy atom. The molecule has 5 rings (SSSR count). The van der Waals surface area contributed by atoms with Gasteiger partial charge in [-0.05, 0) is 39.8 Å². The lowest BCUT2D eigenvalue weighted by Gasteiger charge is -2.34. The quantitative estimate of drug-likeness (QED) is 0.174. The largest absolute Gasteiger partial charge is 0.450 e. The molecule has 0 saturated carbocycles. The Morgan fingerprint density at radius 2 is 1.36 bits per heavy atom. The van der Waals surface area contributed by atoms with Crippen LogP contribution in [0.4, 0.5) is 0 Å². The topological polar surface area (TPSA) is 90.4 Å². The Hall–Kier alpha value is -4.10. The van der Waals surface area contributed by atoms with Gasteiger partial charge in [-0.2, -0.15) is 0 Å². The molecule has 7 heteroatoms. The first-order chi connectivity index (χ1) is 20.0. The van der Waals surface area contributed by atoms with Crippen LogP contribution in [0, 0.1) is 11.3 Å². The fourth-order valence-corrected chi connectivity index (χ4v) is 7.31. The number of Topliss-reactive ketones (excluding diaryl/α,β-unsaturated/α-hetero) is 1. The summed E-state index contributed by atoms with van der Waals surface area (Å²) in [4.78, 5) is 32.4. The minimum atomic E-state index is -3.69. The molecule has 0 radical (unpaired) electrons. The molecule has 1 saturated heterocycles.